The van der Waals surface area contributed by atoms with Gasteiger partial charge in [0.25, 0.3) is 0 Å². The van der Waals surface area contributed by atoms with Crippen molar-refractivity contribution in [3.8, 4) is 0 Å². The fraction of sp³-hybridized carbons (Fsp3) is 0.385. The van der Waals surface area contributed by atoms with E-state index in [0.717, 1.165) is 12.3 Å². The van der Waals surface area contributed by atoms with Gasteiger partial charge in [-0.1, -0.05) is 37.3 Å². The highest BCUT2D eigenvalue weighted by Gasteiger charge is 2.17. The predicted molar refractivity (Wildman–Crippen MR) is 61.4 cm³/mol. The number of rotatable bonds is 2. The molecule has 1 nitrogen and oxygen atoms in total. The van der Waals surface area contributed by atoms with E-state index in [1.807, 2.05) is 0 Å². The molecule has 0 saturated heterocycles. The van der Waals surface area contributed by atoms with Gasteiger partial charge in [0.05, 0.1) is 0 Å². The van der Waals surface area contributed by atoms with Gasteiger partial charge in [-0.3, -0.25) is 0 Å². The number of hydrogen-bond acceptors (Lipinski definition) is 1. The first kappa shape index (κ1) is 9.32. The van der Waals surface area contributed by atoms with Gasteiger partial charge >= 0.3 is 0 Å². The van der Waals surface area contributed by atoms with E-state index in [1.165, 1.54) is 12.1 Å². The summed E-state index contributed by atoms with van der Waals surface area (Å²) < 4.78 is 0. The van der Waals surface area contributed by atoms with Crippen molar-refractivity contribution in [2.75, 3.05) is 5.32 Å². The van der Waals surface area contributed by atoms with Gasteiger partial charge in [-0.25, -0.2) is 0 Å². The lowest BCUT2D eigenvalue weighted by Crippen LogP contribution is -2.28. The standard InChI is InChI=1S/C13H17N/c1-11-7-5-6-10-13(11)14-12-8-3-2-4-9-12/h2-6,8-9,11,13-14H,7,10H2,1H3. The van der Waals surface area contributed by atoms with Crippen LogP contribution in [0, 0.1) is 5.92 Å². The van der Waals surface area contributed by atoms with Crippen LogP contribution >= 0.6 is 0 Å². The second kappa shape index (κ2) is 4.32. The molecule has 2 atom stereocenters. The summed E-state index contributed by atoms with van der Waals surface area (Å²) in [6.07, 6.45) is 6.91. The molecule has 0 fully saturated rings. The van der Waals surface area contributed by atoms with Crippen LogP contribution in [-0.4, -0.2) is 6.04 Å². The molecule has 0 bridgehead atoms. The Morgan fingerprint density at radius 1 is 1.07 bits per heavy atom. The van der Waals surface area contributed by atoms with Crippen molar-refractivity contribution in [3.05, 3.63) is 42.5 Å². The molecule has 14 heavy (non-hydrogen) atoms. The molecule has 1 heteroatoms. The molecular formula is C13H17N. The van der Waals surface area contributed by atoms with Crippen LogP contribution in [0.4, 0.5) is 5.69 Å². The van der Waals surface area contributed by atoms with Gasteiger partial charge in [0, 0.05) is 11.7 Å². The molecule has 74 valence electrons. The van der Waals surface area contributed by atoms with Gasteiger partial charge < -0.3 is 5.32 Å². The van der Waals surface area contributed by atoms with Crippen LogP contribution < -0.4 is 5.32 Å². The minimum absolute atomic E-state index is 0.599. The third kappa shape index (κ3) is 2.16. The zero-order chi connectivity index (χ0) is 9.80. The summed E-state index contributed by atoms with van der Waals surface area (Å²) >= 11 is 0. The Balaban J connectivity index is 2.00. The van der Waals surface area contributed by atoms with Crippen LogP contribution in [0.1, 0.15) is 19.8 Å². The van der Waals surface area contributed by atoms with Crippen LogP contribution in [0.5, 0.6) is 0 Å². The Morgan fingerprint density at radius 2 is 1.79 bits per heavy atom. The van der Waals surface area contributed by atoms with Gasteiger partial charge in [-0.05, 0) is 30.9 Å². The lowest BCUT2D eigenvalue weighted by molar-refractivity contribution is 0.473. The summed E-state index contributed by atoms with van der Waals surface area (Å²) in [5.74, 6) is 0.736. The highest BCUT2D eigenvalue weighted by atomic mass is 14.9. The molecule has 0 aliphatic heterocycles. The average molecular weight is 187 g/mol. The van der Waals surface area contributed by atoms with Crippen molar-refractivity contribution in [1.82, 2.24) is 0 Å². The number of para-hydroxylation sites is 1. The molecule has 2 unspecified atom stereocenters. The summed E-state index contributed by atoms with van der Waals surface area (Å²) in [5.41, 5.74) is 1.24. The van der Waals surface area contributed by atoms with Gasteiger partial charge in [0.2, 0.25) is 0 Å². The fourth-order valence-electron chi connectivity index (χ4n) is 1.90. The summed E-state index contributed by atoms with van der Waals surface area (Å²) in [7, 11) is 0. The first-order chi connectivity index (χ1) is 6.86. The van der Waals surface area contributed by atoms with Crippen LogP contribution in [0.25, 0.3) is 0 Å². The van der Waals surface area contributed by atoms with Crippen LogP contribution in [-0.2, 0) is 0 Å². The van der Waals surface area contributed by atoms with Crippen molar-refractivity contribution in [2.24, 2.45) is 5.92 Å². The minimum Gasteiger partial charge on any atom is -0.382 e. The molecule has 0 heterocycles. The predicted octanol–water partition coefficient (Wildman–Crippen LogP) is 3.45. The molecule has 1 N–H and O–H groups in total. The van der Waals surface area contributed by atoms with Crippen LogP contribution in [0.15, 0.2) is 42.5 Å². The van der Waals surface area contributed by atoms with Crippen molar-refractivity contribution >= 4 is 5.69 Å². The molecular weight excluding hydrogens is 170 g/mol. The number of allylic oxidation sites excluding steroid dienone is 1. The average Bonchev–Trinajstić information content (AvgIpc) is 2.23. The smallest absolute Gasteiger partial charge is 0.0342 e. The Morgan fingerprint density at radius 3 is 2.50 bits per heavy atom. The zero-order valence-corrected chi connectivity index (χ0v) is 8.61. The van der Waals surface area contributed by atoms with E-state index in [1.54, 1.807) is 0 Å². The van der Waals surface area contributed by atoms with Crippen LogP contribution in [0.2, 0.25) is 0 Å². The van der Waals surface area contributed by atoms with Crippen molar-refractivity contribution in [3.63, 3.8) is 0 Å². The number of anilines is 1. The zero-order valence-electron chi connectivity index (χ0n) is 8.61. The molecule has 1 aromatic rings. The van der Waals surface area contributed by atoms with E-state index in [2.05, 4.69) is 54.7 Å². The SMILES string of the molecule is CC1CC=CCC1Nc1ccccc1. The van der Waals surface area contributed by atoms with E-state index in [0.29, 0.717) is 6.04 Å². The van der Waals surface area contributed by atoms with Crippen LogP contribution in [0.3, 0.4) is 0 Å². The monoisotopic (exact) mass is 187 g/mol. The Kier molecular flexibility index (Phi) is 2.87. The lowest BCUT2D eigenvalue weighted by Gasteiger charge is -2.27. The Labute approximate surface area is 85.8 Å². The number of benzene rings is 1. The summed E-state index contributed by atoms with van der Waals surface area (Å²) in [6.45, 7) is 2.31. The normalized spacial score (nSPS) is 26.1. The van der Waals surface area contributed by atoms with E-state index in [9.17, 15) is 0 Å². The van der Waals surface area contributed by atoms with Gasteiger partial charge in [-0.2, -0.15) is 0 Å². The summed E-state index contributed by atoms with van der Waals surface area (Å²) in [6, 6.07) is 11.1. The highest BCUT2D eigenvalue weighted by Crippen LogP contribution is 2.22. The van der Waals surface area contributed by atoms with Crippen molar-refractivity contribution < 1.29 is 0 Å². The third-order valence-corrected chi connectivity index (χ3v) is 2.88. The summed E-state index contributed by atoms with van der Waals surface area (Å²) in [5, 5.41) is 3.58. The Hall–Kier alpha value is -1.24. The third-order valence-electron chi connectivity index (χ3n) is 2.88. The first-order valence-electron chi connectivity index (χ1n) is 5.33. The van der Waals surface area contributed by atoms with Gasteiger partial charge in [0.15, 0.2) is 0 Å². The molecule has 0 saturated carbocycles. The van der Waals surface area contributed by atoms with Crippen molar-refractivity contribution in [2.45, 2.75) is 25.8 Å². The second-order valence-electron chi connectivity index (χ2n) is 4.04. The second-order valence-corrected chi connectivity index (χ2v) is 4.04. The van der Waals surface area contributed by atoms with E-state index < -0.39 is 0 Å². The Bertz CT molecular complexity index is 302. The first-order valence-corrected chi connectivity index (χ1v) is 5.33. The minimum atomic E-state index is 0.599. The maximum atomic E-state index is 3.58. The number of nitrogens with one attached hydrogen (secondary N) is 1. The molecule has 0 spiro atoms. The summed E-state index contributed by atoms with van der Waals surface area (Å²) in [4.78, 5) is 0. The van der Waals surface area contributed by atoms with E-state index >= 15 is 0 Å². The van der Waals surface area contributed by atoms with Crippen molar-refractivity contribution in [1.29, 1.82) is 0 Å². The molecule has 2 rings (SSSR count). The maximum Gasteiger partial charge on any atom is 0.0342 e. The quantitative estimate of drug-likeness (QED) is 0.699. The molecule has 1 aliphatic rings. The maximum absolute atomic E-state index is 3.58. The largest absolute Gasteiger partial charge is 0.382 e. The molecule has 0 radical (unpaired) electrons. The van der Waals surface area contributed by atoms with Gasteiger partial charge in [0.1, 0.15) is 0 Å². The molecule has 0 aromatic heterocycles. The number of hydrogen-bond donors (Lipinski definition) is 1. The van der Waals surface area contributed by atoms with E-state index in [-0.39, 0.29) is 0 Å². The molecule has 1 aliphatic carbocycles. The van der Waals surface area contributed by atoms with Gasteiger partial charge in [-0.15, -0.1) is 0 Å². The fourth-order valence-corrected chi connectivity index (χ4v) is 1.90. The topological polar surface area (TPSA) is 12.0 Å². The van der Waals surface area contributed by atoms with E-state index in [4.69, 9.17) is 0 Å². The highest BCUT2D eigenvalue weighted by molar-refractivity contribution is 5.43. The molecule has 0 amide bonds. The molecule has 1 aromatic carbocycles. The lowest BCUT2D eigenvalue weighted by atomic mass is 9.90.